The Labute approximate surface area is 131 Å². The van der Waals surface area contributed by atoms with E-state index in [2.05, 4.69) is 5.32 Å². The molecule has 22 heavy (non-hydrogen) atoms. The van der Waals surface area contributed by atoms with Crippen molar-refractivity contribution in [2.45, 2.75) is 13.8 Å². The fourth-order valence-corrected chi connectivity index (χ4v) is 1.78. The summed E-state index contributed by atoms with van der Waals surface area (Å²) in [7, 11) is 3.14. The molecule has 0 atom stereocenters. The molecular formula is C16H24N2O4. The number of amides is 2. The molecule has 0 spiro atoms. The Morgan fingerprint density at radius 2 is 1.95 bits per heavy atom. The highest BCUT2D eigenvalue weighted by Gasteiger charge is 2.13. The molecule has 6 heteroatoms. The molecule has 122 valence electrons. The minimum Gasteiger partial charge on any atom is -0.382 e. The third-order valence-corrected chi connectivity index (χ3v) is 3.13. The van der Waals surface area contributed by atoms with Crippen molar-refractivity contribution in [2.75, 3.05) is 45.8 Å². The Morgan fingerprint density at radius 3 is 2.64 bits per heavy atom. The van der Waals surface area contributed by atoms with Gasteiger partial charge in [0.2, 0.25) is 11.8 Å². The molecule has 0 fully saturated rings. The van der Waals surface area contributed by atoms with Crippen molar-refractivity contribution in [1.82, 2.24) is 4.90 Å². The minimum atomic E-state index is -0.243. The van der Waals surface area contributed by atoms with Crippen LogP contribution in [0.4, 0.5) is 5.69 Å². The Hall–Kier alpha value is -1.92. The largest absolute Gasteiger partial charge is 0.382 e. The fourth-order valence-electron chi connectivity index (χ4n) is 1.78. The number of nitrogens with zero attached hydrogens (tertiary/aromatic N) is 1. The van der Waals surface area contributed by atoms with E-state index in [1.54, 1.807) is 14.2 Å². The van der Waals surface area contributed by atoms with Crippen LogP contribution >= 0.6 is 0 Å². The van der Waals surface area contributed by atoms with Crippen molar-refractivity contribution >= 4 is 17.5 Å². The van der Waals surface area contributed by atoms with Crippen molar-refractivity contribution in [2.24, 2.45) is 0 Å². The summed E-state index contributed by atoms with van der Waals surface area (Å²) >= 11 is 0. The Kier molecular flexibility index (Phi) is 7.56. The predicted octanol–water partition coefficient (Wildman–Crippen LogP) is 1.36. The Bertz CT molecular complexity index is 517. The third kappa shape index (κ3) is 6.24. The molecule has 2 amide bonds. The average molecular weight is 308 g/mol. The maximum Gasteiger partial charge on any atom is 0.248 e. The number of rotatable bonds is 8. The van der Waals surface area contributed by atoms with Crippen LogP contribution in [-0.2, 0) is 19.1 Å². The van der Waals surface area contributed by atoms with Crippen molar-refractivity contribution < 1.29 is 19.1 Å². The zero-order chi connectivity index (χ0) is 16.5. The van der Waals surface area contributed by atoms with Crippen LogP contribution < -0.4 is 5.32 Å². The summed E-state index contributed by atoms with van der Waals surface area (Å²) in [6.07, 6.45) is 0. The molecule has 1 aromatic carbocycles. The molecule has 0 aliphatic rings. The number of nitrogens with one attached hydrogen (secondary N) is 1. The van der Waals surface area contributed by atoms with Crippen LogP contribution in [0, 0.1) is 13.8 Å². The molecule has 0 aliphatic heterocycles. The third-order valence-electron chi connectivity index (χ3n) is 3.13. The number of likely N-dealkylation sites (N-methyl/N-ethyl adjacent to an activating group) is 1. The second kappa shape index (κ2) is 9.17. The van der Waals surface area contributed by atoms with Crippen LogP contribution in [0.5, 0.6) is 0 Å². The van der Waals surface area contributed by atoms with Gasteiger partial charge in [-0.2, -0.15) is 0 Å². The molecule has 0 saturated carbocycles. The van der Waals surface area contributed by atoms with Crippen molar-refractivity contribution in [1.29, 1.82) is 0 Å². The molecule has 1 aromatic rings. The predicted molar refractivity (Wildman–Crippen MR) is 84.9 cm³/mol. The molecule has 0 unspecified atom stereocenters. The van der Waals surface area contributed by atoms with Gasteiger partial charge in [-0.3, -0.25) is 9.59 Å². The van der Waals surface area contributed by atoms with Gasteiger partial charge in [0.1, 0.15) is 6.61 Å². The van der Waals surface area contributed by atoms with Crippen LogP contribution in [0.25, 0.3) is 0 Å². The van der Waals surface area contributed by atoms with Gasteiger partial charge in [-0.25, -0.2) is 0 Å². The number of hydrogen-bond acceptors (Lipinski definition) is 4. The van der Waals surface area contributed by atoms with Gasteiger partial charge in [-0.15, -0.1) is 0 Å². The van der Waals surface area contributed by atoms with Crippen molar-refractivity contribution in [3.63, 3.8) is 0 Å². The van der Waals surface area contributed by atoms with E-state index in [1.807, 2.05) is 32.0 Å². The average Bonchev–Trinajstić information content (AvgIpc) is 2.47. The number of anilines is 1. The van der Waals surface area contributed by atoms with Gasteiger partial charge in [0.15, 0.2) is 0 Å². The molecule has 1 N–H and O–H groups in total. The molecule has 0 saturated heterocycles. The van der Waals surface area contributed by atoms with Crippen LogP contribution in [-0.4, -0.2) is 57.2 Å². The molecule has 1 rings (SSSR count). The van der Waals surface area contributed by atoms with Crippen LogP contribution in [0.3, 0.4) is 0 Å². The van der Waals surface area contributed by atoms with Crippen LogP contribution in [0.2, 0.25) is 0 Å². The van der Waals surface area contributed by atoms with E-state index in [9.17, 15) is 9.59 Å². The quantitative estimate of drug-likeness (QED) is 0.736. The van der Waals surface area contributed by atoms with E-state index in [0.29, 0.717) is 13.2 Å². The van der Waals surface area contributed by atoms with Crippen LogP contribution in [0.1, 0.15) is 11.1 Å². The lowest BCUT2D eigenvalue weighted by Gasteiger charge is -2.17. The number of carbonyl (C=O) groups excluding carboxylic acids is 2. The van der Waals surface area contributed by atoms with Gasteiger partial charge < -0.3 is 19.7 Å². The maximum atomic E-state index is 12.0. The summed E-state index contributed by atoms with van der Waals surface area (Å²) in [5.41, 5.74) is 2.81. The van der Waals surface area contributed by atoms with E-state index < -0.39 is 0 Å². The lowest BCUT2D eigenvalue weighted by atomic mass is 10.1. The lowest BCUT2D eigenvalue weighted by Crippen LogP contribution is -2.37. The van der Waals surface area contributed by atoms with E-state index in [-0.39, 0.29) is 25.0 Å². The highest BCUT2D eigenvalue weighted by molar-refractivity contribution is 5.95. The van der Waals surface area contributed by atoms with E-state index in [0.717, 1.165) is 16.8 Å². The second-order valence-electron chi connectivity index (χ2n) is 5.16. The highest BCUT2D eigenvalue weighted by atomic mass is 16.5. The molecule has 0 radical (unpaired) electrons. The van der Waals surface area contributed by atoms with E-state index in [1.165, 1.54) is 4.90 Å². The number of benzene rings is 1. The fraction of sp³-hybridized carbons (Fsp3) is 0.500. The Balaban J connectivity index is 2.43. The first-order valence-corrected chi connectivity index (χ1v) is 7.11. The second-order valence-corrected chi connectivity index (χ2v) is 5.16. The normalized spacial score (nSPS) is 10.4. The molecular weight excluding hydrogens is 284 g/mol. The SMILES string of the molecule is COCCOCC(=O)N(C)CC(=O)Nc1cc(C)ccc1C. The lowest BCUT2D eigenvalue weighted by molar-refractivity contribution is -0.137. The summed E-state index contributed by atoms with van der Waals surface area (Å²) in [5.74, 6) is -0.478. The number of carbonyl (C=O) groups is 2. The van der Waals surface area contributed by atoms with E-state index >= 15 is 0 Å². The van der Waals surface area contributed by atoms with Gasteiger partial charge in [0.05, 0.1) is 19.8 Å². The summed E-state index contributed by atoms with van der Waals surface area (Å²) in [4.78, 5) is 25.1. The highest BCUT2D eigenvalue weighted by Crippen LogP contribution is 2.16. The smallest absolute Gasteiger partial charge is 0.248 e. The molecule has 0 heterocycles. The monoisotopic (exact) mass is 308 g/mol. The summed E-state index contributed by atoms with van der Waals surface area (Å²) < 4.78 is 9.97. The van der Waals surface area contributed by atoms with Gasteiger partial charge in [-0.1, -0.05) is 12.1 Å². The topological polar surface area (TPSA) is 67.9 Å². The summed E-state index contributed by atoms with van der Waals surface area (Å²) in [6.45, 7) is 4.60. The van der Waals surface area contributed by atoms with Gasteiger partial charge in [0.25, 0.3) is 0 Å². The number of methoxy groups -OCH3 is 1. The molecule has 0 aromatic heterocycles. The number of aryl methyl sites for hydroxylation is 2. The zero-order valence-electron chi connectivity index (χ0n) is 13.6. The van der Waals surface area contributed by atoms with Crippen molar-refractivity contribution in [3.8, 4) is 0 Å². The summed E-state index contributed by atoms with van der Waals surface area (Å²) in [5, 5.41) is 2.82. The van der Waals surface area contributed by atoms with Gasteiger partial charge >= 0.3 is 0 Å². The first kappa shape index (κ1) is 18.1. The first-order chi connectivity index (χ1) is 10.4. The maximum absolute atomic E-state index is 12.0. The van der Waals surface area contributed by atoms with Gasteiger partial charge in [0, 0.05) is 19.8 Å². The standard InChI is InChI=1S/C16H24N2O4/c1-12-5-6-13(2)14(9-12)17-15(19)10-18(3)16(20)11-22-8-7-21-4/h5-6,9H,7-8,10-11H2,1-4H3,(H,17,19). The van der Waals surface area contributed by atoms with Crippen molar-refractivity contribution in [3.05, 3.63) is 29.3 Å². The van der Waals surface area contributed by atoms with E-state index in [4.69, 9.17) is 9.47 Å². The minimum absolute atomic E-state index is 0.0140. The molecule has 6 nitrogen and oxygen atoms in total. The number of hydrogen-bond donors (Lipinski definition) is 1. The molecule has 0 aliphatic carbocycles. The zero-order valence-corrected chi connectivity index (χ0v) is 13.6. The Morgan fingerprint density at radius 1 is 1.23 bits per heavy atom. The molecule has 0 bridgehead atoms. The van der Waals surface area contributed by atoms with Gasteiger partial charge in [-0.05, 0) is 31.0 Å². The number of ether oxygens (including phenoxy) is 2. The van der Waals surface area contributed by atoms with Crippen LogP contribution in [0.15, 0.2) is 18.2 Å². The first-order valence-electron chi connectivity index (χ1n) is 7.11. The summed E-state index contributed by atoms with van der Waals surface area (Å²) in [6, 6.07) is 5.84.